The molecule has 0 atom stereocenters. The highest BCUT2D eigenvalue weighted by Crippen LogP contribution is 2.26. The second-order valence-corrected chi connectivity index (χ2v) is 7.44. The smallest absolute Gasteiger partial charge is 0.488 e. The zero-order valence-corrected chi connectivity index (χ0v) is 15.0. The fraction of sp³-hybridized carbons (Fsp3) is 0.333. The average molecular weight is 375 g/mol. The molecular weight excluding hydrogens is 355 g/mol. The summed E-state index contributed by atoms with van der Waals surface area (Å²) in [5.41, 5.74) is 2.22. The summed E-state index contributed by atoms with van der Waals surface area (Å²) < 4.78 is 18.4. The van der Waals surface area contributed by atoms with Gasteiger partial charge in [-0.25, -0.2) is 0 Å². The van der Waals surface area contributed by atoms with Crippen molar-refractivity contribution in [2.75, 3.05) is 13.2 Å². The van der Waals surface area contributed by atoms with Crippen molar-refractivity contribution < 1.29 is 14.0 Å². The summed E-state index contributed by atoms with van der Waals surface area (Å²) in [6.45, 7) is 6.21. The lowest BCUT2D eigenvalue weighted by atomic mass is 9.76. The first-order valence-electron chi connectivity index (χ1n) is 7.73. The van der Waals surface area contributed by atoms with Crippen molar-refractivity contribution in [3.05, 3.63) is 58.6 Å². The molecule has 23 heavy (non-hydrogen) atoms. The number of hydrogen-bond acceptors (Lipinski definition) is 3. The molecule has 3 nitrogen and oxygen atoms in total. The second kappa shape index (κ2) is 7.08. The molecule has 0 bridgehead atoms. The molecule has 3 rings (SSSR count). The molecule has 2 aromatic rings. The highest BCUT2D eigenvalue weighted by molar-refractivity contribution is 9.10. The van der Waals surface area contributed by atoms with Gasteiger partial charge in [-0.15, -0.1) is 0 Å². The quantitative estimate of drug-likeness (QED) is 0.762. The standard InChI is InChI=1S/C18H20BBrO3/c1-18(2)12-22-19(23-13-18)15-8-9-17(16(20)10-15)21-11-14-6-4-3-5-7-14/h3-10H,11-13H2,1-2H3. The molecule has 2 aromatic carbocycles. The van der Waals surface area contributed by atoms with Crippen LogP contribution in [0.15, 0.2) is 53.0 Å². The van der Waals surface area contributed by atoms with Crippen LogP contribution in [0, 0.1) is 5.41 Å². The maximum absolute atomic E-state index is 5.87. The molecule has 5 heteroatoms. The minimum absolute atomic E-state index is 0.0759. The fourth-order valence-corrected chi connectivity index (χ4v) is 2.91. The van der Waals surface area contributed by atoms with Crippen LogP contribution in [0.1, 0.15) is 19.4 Å². The van der Waals surface area contributed by atoms with Crippen molar-refractivity contribution in [2.24, 2.45) is 5.41 Å². The van der Waals surface area contributed by atoms with Crippen LogP contribution < -0.4 is 10.2 Å². The van der Waals surface area contributed by atoms with Gasteiger partial charge >= 0.3 is 7.12 Å². The fourth-order valence-electron chi connectivity index (χ4n) is 2.40. The van der Waals surface area contributed by atoms with Gasteiger partial charge in [0, 0.05) is 18.6 Å². The van der Waals surface area contributed by atoms with Crippen molar-refractivity contribution in [1.82, 2.24) is 0 Å². The van der Waals surface area contributed by atoms with E-state index in [-0.39, 0.29) is 12.5 Å². The summed E-state index contributed by atoms with van der Waals surface area (Å²) in [6, 6.07) is 16.1. The monoisotopic (exact) mass is 374 g/mol. The number of rotatable bonds is 4. The molecule has 0 aliphatic carbocycles. The third kappa shape index (κ3) is 4.37. The first-order valence-corrected chi connectivity index (χ1v) is 8.52. The molecule has 120 valence electrons. The normalized spacial score (nSPS) is 17.1. The van der Waals surface area contributed by atoms with Crippen LogP contribution in [-0.4, -0.2) is 20.3 Å². The maximum atomic E-state index is 5.87. The minimum atomic E-state index is -0.303. The molecule has 1 aliphatic rings. The highest BCUT2D eigenvalue weighted by atomic mass is 79.9. The molecule has 1 aliphatic heterocycles. The Kier molecular flexibility index (Phi) is 5.09. The van der Waals surface area contributed by atoms with E-state index in [2.05, 4.69) is 29.8 Å². The van der Waals surface area contributed by atoms with E-state index in [0.717, 1.165) is 21.2 Å². The first-order chi connectivity index (χ1) is 11.0. The lowest BCUT2D eigenvalue weighted by molar-refractivity contribution is 0.0343. The van der Waals surface area contributed by atoms with Crippen LogP contribution in [0.2, 0.25) is 0 Å². The summed E-state index contributed by atoms with van der Waals surface area (Å²) in [6.07, 6.45) is 0. The van der Waals surface area contributed by atoms with Gasteiger partial charge in [-0.2, -0.15) is 0 Å². The highest BCUT2D eigenvalue weighted by Gasteiger charge is 2.33. The van der Waals surface area contributed by atoms with Crippen LogP contribution in [0.3, 0.4) is 0 Å². The van der Waals surface area contributed by atoms with Gasteiger partial charge in [0.1, 0.15) is 12.4 Å². The molecule has 0 saturated carbocycles. The van der Waals surface area contributed by atoms with Gasteiger partial charge in [-0.3, -0.25) is 0 Å². The van der Waals surface area contributed by atoms with Crippen molar-refractivity contribution >= 4 is 28.5 Å². The van der Waals surface area contributed by atoms with Crippen molar-refractivity contribution in [3.8, 4) is 5.75 Å². The Morgan fingerprint density at radius 1 is 1.09 bits per heavy atom. The van der Waals surface area contributed by atoms with Gasteiger partial charge in [-0.1, -0.05) is 50.2 Å². The van der Waals surface area contributed by atoms with Crippen LogP contribution in [0.4, 0.5) is 0 Å². The zero-order chi connectivity index (χ0) is 16.3. The summed E-state index contributed by atoms with van der Waals surface area (Å²) in [7, 11) is -0.303. The number of ether oxygens (including phenoxy) is 1. The predicted molar refractivity (Wildman–Crippen MR) is 96.0 cm³/mol. The molecule has 0 amide bonds. The van der Waals surface area contributed by atoms with E-state index in [1.807, 2.05) is 48.5 Å². The first kappa shape index (κ1) is 16.6. The molecule has 0 aromatic heterocycles. The Hall–Kier alpha value is -1.30. The number of hydrogen-bond donors (Lipinski definition) is 0. The zero-order valence-electron chi connectivity index (χ0n) is 13.4. The van der Waals surface area contributed by atoms with Gasteiger partial charge in [-0.05, 0) is 39.1 Å². The molecule has 0 radical (unpaired) electrons. The van der Waals surface area contributed by atoms with Gasteiger partial charge < -0.3 is 14.0 Å². The van der Waals surface area contributed by atoms with E-state index < -0.39 is 0 Å². The van der Waals surface area contributed by atoms with E-state index in [0.29, 0.717) is 19.8 Å². The summed E-state index contributed by atoms with van der Waals surface area (Å²) in [5, 5.41) is 0. The molecule has 1 fully saturated rings. The van der Waals surface area contributed by atoms with Crippen molar-refractivity contribution in [2.45, 2.75) is 20.5 Å². The summed E-state index contributed by atoms with van der Waals surface area (Å²) in [5.74, 6) is 0.814. The van der Waals surface area contributed by atoms with Gasteiger partial charge in [0.2, 0.25) is 0 Å². The predicted octanol–water partition coefficient (Wildman–Crippen LogP) is 3.80. The Bertz CT molecular complexity index is 651. The molecule has 0 N–H and O–H groups in total. The third-order valence-electron chi connectivity index (χ3n) is 3.72. The second-order valence-electron chi connectivity index (χ2n) is 6.58. The van der Waals surface area contributed by atoms with Crippen LogP contribution in [0.5, 0.6) is 5.75 Å². The van der Waals surface area contributed by atoms with E-state index in [4.69, 9.17) is 14.0 Å². The summed E-state index contributed by atoms with van der Waals surface area (Å²) in [4.78, 5) is 0. The van der Waals surface area contributed by atoms with E-state index in [9.17, 15) is 0 Å². The van der Waals surface area contributed by atoms with Gasteiger partial charge in [0.05, 0.1) is 4.47 Å². The topological polar surface area (TPSA) is 27.7 Å². The number of halogens is 1. The van der Waals surface area contributed by atoms with Gasteiger partial charge in [0.25, 0.3) is 0 Å². The molecule has 0 spiro atoms. The van der Waals surface area contributed by atoms with Crippen molar-refractivity contribution in [1.29, 1.82) is 0 Å². The Labute approximate surface area is 146 Å². The third-order valence-corrected chi connectivity index (χ3v) is 4.34. The maximum Gasteiger partial charge on any atom is 0.493 e. The Morgan fingerprint density at radius 3 is 2.43 bits per heavy atom. The number of benzene rings is 2. The Balaban J connectivity index is 1.64. The average Bonchev–Trinajstić information content (AvgIpc) is 2.55. The largest absolute Gasteiger partial charge is 0.493 e. The SMILES string of the molecule is CC1(C)COB(c2ccc(OCc3ccccc3)c(Br)c2)OC1. The lowest BCUT2D eigenvalue weighted by Gasteiger charge is -2.33. The van der Waals surface area contributed by atoms with Crippen LogP contribution in [-0.2, 0) is 15.9 Å². The Morgan fingerprint density at radius 2 is 1.78 bits per heavy atom. The molecule has 1 saturated heterocycles. The van der Waals surface area contributed by atoms with Gasteiger partial charge in [0.15, 0.2) is 0 Å². The minimum Gasteiger partial charge on any atom is -0.488 e. The van der Waals surface area contributed by atoms with E-state index >= 15 is 0 Å². The van der Waals surface area contributed by atoms with E-state index in [1.165, 1.54) is 0 Å². The lowest BCUT2D eigenvalue weighted by Crippen LogP contribution is -2.47. The van der Waals surface area contributed by atoms with Crippen molar-refractivity contribution in [3.63, 3.8) is 0 Å². The van der Waals surface area contributed by atoms with Crippen LogP contribution in [0.25, 0.3) is 0 Å². The molecular formula is C18H20BBrO3. The van der Waals surface area contributed by atoms with E-state index in [1.54, 1.807) is 0 Å². The molecule has 0 unspecified atom stereocenters. The van der Waals surface area contributed by atoms with Crippen LogP contribution >= 0.6 is 15.9 Å². The summed E-state index contributed by atoms with van der Waals surface area (Å²) >= 11 is 3.57. The molecule has 1 heterocycles.